The van der Waals surface area contributed by atoms with Crippen LogP contribution in [-0.2, 0) is 25.7 Å². The van der Waals surface area contributed by atoms with Crippen LogP contribution in [0.3, 0.4) is 0 Å². The number of benzene rings is 4. The monoisotopic (exact) mass is 720 g/mol. The average Bonchev–Trinajstić information content (AvgIpc) is 3.15. The Morgan fingerprint density at radius 2 is 0.942 bits per heavy atom. The number of unbranched alkanes of at least 4 members (excludes halogenated alkanes) is 6. The van der Waals surface area contributed by atoms with Crippen LogP contribution in [0.25, 0.3) is 0 Å². The van der Waals surface area contributed by atoms with E-state index in [0.717, 1.165) is 54.2 Å². The van der Waals surface area contributed by atoms with Gasteiger partial charge in [-0.3, -0.25) is 0 Å². The predicted molar refractivity (Wildman–Crippen MR) is 203 cm³/mol. The number of hydrogen-bond donors (Lipinski definition) is 0. The minimum atomic E-state index is -0.919. The second kappa shape index (κ2) is 22.2. The maximum atomic E-state index is 14.4. The van der Waals surface area contributed by atoms with E-state index in [-0.39, 0.29) is 5.75 Å². The van der Waals surface area contributed by atoms with Crippen molar-refractivity contribution in [3.63, 3.8) is 0 Å². The molecule has 52 heavy (non-hydrogen) atoms. The fraction of sp³-hybridized carbons (Fsp3) is 0.467. The van der Waals surface area contributed by atoms with Gasteiger partial charge in [-0.25, -0.2) is 13.2 Å². The molecule has 1 unspecified atom stereocenters. The van der Waals surface area contributed by atoms with Crippen LogP contribution in [0.5, 0.6) is 17.2 Å². The molecule has 7 heteroatoms. The Kier molecular flexibility index (Phi) is 17.4. The summed E-state index contributed by atoms with van der Waals surface area (Å²) < 4.78 is 73.4. The van der Waals surface area contributed by atoms with E-state index in [1.165, 1.54) is 44.6 Å². The van der Waals surface area contributed by atoms with Crippen molar-refractivity contribution in [3.05, 3.63) is 124 Å². The second-order valence-corrected chi connectivity index (χ2v) is 13.9. The summed E-state index contributed by atoms with van der Waals surface area (Å²) in [7, 11) is 0. The zero-order valence-electron chi connectivity index (χ0n) is 31.3. The van der Waals surface area contributed by atoms with Crippen molar-refractivity contribution < 1.29 is 31.8 Å². The van der Waals surface area contributed by atoms with Gasteiger partial charge in [-0.1, -0.05) is 101 Å². The van der Waals surface area contributed by atoms with Crippen molar-refractivity contribution in [1.82, 2.24) is 0 Å². The van der Waals surface area contributed by atoms with Gasteiger partial charge in [-0.05, 0) is 116 Å². The van der Waals surface area contributed by atoms with E-state index in [2.05, 4.69) is 6.92 Å². The van der Waals surface area contributed by atoms with Crippen LogP contribution in [-0.4, -0.2) is 19.8 Å². The van der Waals surface area contributed by atoms with E-state index in [1.807, 2.05) is 48.5 Å². The van der Waals surface area contributed by atoms with E-state index < -0.39 is 23.3 Å². The van der Waals surface area contributed by atoms with Gasteiger partial charge < -0.3 is 14.2 Å². The van der Waals surface area contributed by atoms with Crippen molar-refractivity contribution in [2.75, 3.05) is 19.8 Å². The Balaban J connectivity index is 0.958. The molecule has 0 aliphatic heterocycles. The molecule has 0 N–H and O–H groups in total. The van der Waals surface area contributed by atoms with Crippen LogP contribution in [0.4, 0.5) is 17.6 Å². The molecule has 0 amide bonds. The predicted octanol–water partition coefficient (Wildman–Crippen LogP) is 12.5. The lowest BCUT2D eigenvalue weighted by molar-refractivity contribution is 0.301. The second-order valence-electron chi connectivity index (χ2n) is 13.9. The maximum absolute atomic E-state index is 14.4. The quantitative estimate of drug-likeness (QED) is 0.0533. The molecular formula is C45H56F4O3. The molecule has 0 saturated carbocycles. The Hall–Kier alpha value is -4.00. The normalized spacial score (nSPS) is 11.8. The molecular weight excluding hydrogens is 664 g/mol. The first-order chi connectivity index (χ1) is 25.2. The van der Waals surface area contributed by atoms with Gasteiger partial charge in [0.25, 0.3) is 0 Å². The van der Waals surface area contributed by atoms with Gasteiger partial charge in [0.1, 0.15) is 11.5 Å². The largest absolute Gasteiger partial charge is 0.494 e. The molecule has 4 rings (SSSR count). The number of aryl methyl sites for hydroxylation is 5. The van der Waals surface area contributed by atoms with E-state index >= 15 is 0 Å². The van der Waals surface area contributed by atoms with Gasteiger partial charge in [0.2, 0.25) is 5.82 Å². The smallest absolute Gasteiger partial charge is 0.200 e. The third-order valence-corrected chi connectivity index (χ3v) is 9.71. The first kappa shape index (κ1) is 40.8. The van der Waals surface area contributed by atoms with Crippen LogP contribution in [0, 0.1) is 36.1 Å². The van der Waals surface area contributed by atoms with Crippen molar-refractivity contribution >= 4 is 0 Å². The zero-order valence-corrected chi connectivity index (χ0v) is 31.3. The van der Waals surface area contributed by atoms with Crippen molar-refractivity contribution in [3.8, 4) is 17.2 Å². The molecule has 282 valence electrons. The zero-order chi connectivity index (χ0) is 37.1. The number of hydrogen-bond acceptors (Lipinski definition) is 3. The van der Waals surface area contributed by atoms with Gasteiger partial charge in [0.05, 0.1) is 19.8 Å². The first-order valence-electron chi connectivity index (χ1n) is 19.2. The molecule has 0 saturated heterocycles. The summed E-state index contributed by atoms with van der Waals surface area (Å²) in [5.41, 5.74) is 3.22. The molecule has 4 aromatic rings. The molecule has 0 fully saturated rings. The number of ether oxygens (including phenoxy) is 3. The van der Waals surface area contributed by atoms with Crippen LogP contribution >= 0.6 is 0 Å². The number of halogens is 4. The van der Waals surface area contributed by atoms with Crippen molar-refractivity contribution in [1.29, 1.82) is 0 Å². The Morgan fingerprint density at radius 3 is 1.44 bits per heavy atom. The molecule has 0 radical (unpaired) electrons. The van der Waals surface area contributed by atoms with Crippen LogP contribution in [0.2, 0.25) is 0 Å². The first-order valence-corrected chi connectivity index (χ1v) is 19.2. The number of rotatable bonds is 24. The van der Waals surface area contributed by atoms with Crippen LogP contribution < -0.4 is 14.2 Å². The summed E-state index contributed by atoms with van der Waals surface area (Å²) in [6, 6.07) is 22.2. The maximum Gasteiger partial charge on any atom is 0.200 e. The standard InChI is InChI=1S/C45H56F4O3/c1-4-50-41-30-25-38(44(48)45(41)49)24-17-36-20-28-40(29-21-36)52-32-12-8-6-10-14-33(2)13-9-5-7-11-31-51-39-26-18-35(19-27-39)16-23-37-22-15-34(3)42(46)43(37)47/h15,18-22,25-30,33H,4-14,16-17,23-24,31-32H2,1-3H3. The highest BCUT2D eigenvalue weighted by molar-refractivity contribution is 5.33. The minimum Gasteiger partial charge on any atom is -0.494 e. The Bertz CT molecular complexity index is 1620. The highest BCUT2D eigenvalue weighted by Gasteiger charge is 2.14. The molecule has 3 nitrogen and oxygen atoms in total. The van der Waals surface area contributed by atoms with Gasteiger partial charge >= 0.3 is 0 Å². The molecule has 0 heterocycles. The Morgan fingerprint density at radius 1 is 0.481 bits per heavy atom. The molecule has 0 aliphatic carbocycles. The summed E-state index contributed by atoms with van der Waals surface area (Å²) in [5, 5.41) is 0. The lowest BCUT2D eigenvalue weighted by atomic mass is 9.96. The molecule has 1 atom stereocenters. The molecule has 0 bridgehead atoms. The molecule has 0 aliphatic rings. The van der Waals surface area contributed by atoms with E-state index in [4.69, 9.17) is 14.2 Å². The summed E-state index contributed by atoms with van der Waals surface area (Å²) >= 11 is 0. The van der Waals surface area contributed by atoms with Gasteiger partial charge in [0, 0.05) is 0 Å². The lowest BCUT2D eigenvalue weighted by Gasteiger charge is -2.12. The Labute approximate surface area is 308 Å². The van der Waals surface area contributed by atoms with Gasteiger partial charge in [0.15, 0.2) is 23.2 Å². The van der Waals surface area contributed by atoms with E-state index in [9.17, 15) is 17.6 Å². The van der Waals surface area contributed by atoms with E-state index in [0.29, 0.717) is 62.2 Å². The molecule has 0 spiro atoms. The van der Waals surface area contributed by atoms with E-state index in [1.54, 1.807) is 32.0 Å². The van der Waals surface area contributed by atoms with Crippen LogP contribution in [0.1, 0.15) is 106 Å². The summed E-state index contributed by atoms with van der Waals surface area (Å²) in [6.07, 6.45) is 14.0. The fourth-order valence-corrected chi connectivity index (χ4v) is 6.39. The topological polar surface area (TPSA) is 27.7 Å². The fourth-order valence-electron chi connectivity index (χ4n) is 6.39. The molecule has 4 aromatic carbocycles. The molecule has 0 aromatic heterocycles. The third kappa shape index (κ3) is 13.5. The third-order valence-electron chi connectivity index (χ3n) is 9.71. The van der Waals surface area contributed by atoms with Gasteiger partial charge in [-0.15, -0.1) is 0 Å². The van der Waals surface area contributed by atoms with Crippen molar-refractivity contribution in [2.45, 2.75) is 111 Å². The highest BCUT2D eigenvalue weighted by Crippen LogP contribution is 2.25. The highest BCUT2D eigenvalue weighted by atomic mass is 19.2. The van der Waals surface area contributed by atoms with Crippen molar-refractivity contribution in [2.24, 2.45) is 5.92 Å². The lowest BCUT2D eigenvalue weighted by Crippen LogP contribution is -2.02. The summed E-state index contributed by atoms with van der Waals surface area (Å²) in [6.45, 7) is 7.37. The summed E-state index contributed by atoms with van der Waals surface area (Å²) in [5.74, 6) is -0.852. The SMILES string of the molecule is CCOc1ccc(CCc2ccc(OCCCCCCC(C)CCCCCCOc3ccc(CCc4ccc(C)c(F)c4F)cc3)cc2)c(F)c1F. The summed E-state index contributed by atoms with van der Waals surface area (Å²) in [4.78, 5) is 0. The van der Waals surface area contributed by atoms with Gasteiger partial charge in [-0.2, -0.15) is 4.39 Å². The average molecular weight is 721 g/mol. The minimum absolute atomic E-state index is 0.0450. The van der Waals surface area contributed by atoms with Crippen LogP contribution in [0.15, 0.2) is 72.8 Å².